The van der Waals surface area contributed by atoms with Crippen LogP contribution in [0.4, 0.5) is 5.69 Å². The molecule has 6 heteroatoms. The predicted octanol–water partition coefficient (Wildman–Crippen LogP) is 3.82. The van der Waals surface area contributed by atoms with Crippen LogP contribution in [0.5, 0.6) is 0 Å². The first-order valence-electron chi connectivity index (χ1n) is 5.66. The molecule has 19 heavy (non-hydrogen) atoms. The lowest BCUT2D eigenvalue weighted by Gasteiger charge is -2.21. The molecule has 0 fully saturated rings. The summed E-state index contributed by atoms with van der Waals surface area (Å²) in [5.41, 5.74) is -0.156. The molecular formula is C13H15Cl2NO3. The Morgan fingerprint density at radius 1 is 1.26 bits per heavy atom. The van der Waals surface area contributed by atoms with Crippen LogP contribution < -0.4 is 5.32 Å². The second kappa shape index (κ2) is 6.26. The number of carboxylic acids is 1. The van der Waals surface area contributed by atoms with Crippen LogP contribution in [-0.2, 0) is 9.59 Å². The van der Waals surface area contributed by atoms with E-state index in [0.29, 0.717) is 15.7 Å². The molecule has 0 aliphatic rings. The van der Waals surface area contributed by atoms with Crippen LogP contribution in [0, 0.1) is 5.41 Å². The zero-order valence-corrected chi connectivity index (χ0v) is 12.2. The number of aliphatic carboxylic acids is 1. The Hall–Kier alpha value is -1.26. The number of halogens is 2. The quantitative estimate of drug-likeness (QED) is 0.869. The SMILES string of the molecule is CC(C)(CC(=O)O)CC(=O)Nc1ccc(Cl)cc1Cl. The fourth-order valence-electron chi connectivity index (χ4n) is 1.69. The number of hydrogen-bond acceptors (Lipinski definition) is 2. The molecule has 0 saturated carbocycles. The van der Waals surface area contributed by atoms with Crippen molar-refractivity contribution in [2.24, 2.45) is 5.41 Å². The number of hydrogen-bond donors (Lipinski definition) is 2. The summed E-state index contributed by atoms with van der Waals surface area (Å²) >= 11 is 11.7. The maximum atomic E-state index is 11.9. The number of carboxylic acid groups (broad SMARTS) is 1. The molecule has 0 atom stereocenters. The molecule has 0 spiro atoms. The van der Waals surface area contributed by atoms with Gasteiger partial charge in [0.15, 0.2) is 0 Å². The van der Waals surface area contributed by atoms with Crippen molar-refractivity contribution in [2.45, 2.75) is 26.7 Å². The molecule has 4 nitrogen and oxygen atoms in total. The lowest BCUT2D eigenvalue weighted by Crippen LogP contribution is -2.24. The standard InChI is InChI=1S/C13H15Cl2NO3/c1-13(2,7-12(18)19)6-11(17)16-10-4-3-8(14)5-9(10)15/h3-5H,6-7H2,1-2H3,(H,16,17)(H,18,19). The van der Waals surface area contributed by atoms with Crippen LogP contribution in [0.25, 0.3) is 0 Å². The van der Waals surface area contributed by atoms with Crippen molar-refractivity contribution in [1.29, 1.82) is 0 Å². The van der Waals surface area contributed by atoms with E-state index in [9.17, 15) is 9.59 Å². The maximum Gasteiger partial charge on any atom is 0.303 e. The topological polar surface area (TPSA) is 66.4 Å². The van der Waals surface area contributed by atoms with Crippen molar-refractivity contribution in [3.05, 3.63) is 28.2 Å². The van der Waals surface area contributed by atoms with E-state index in [4.69, 9.17) is 28.3 Å². The van der Waals surface area contributed by atoms with Gasteiger partial charge >= 0.3 is 5.97 Å². The summed E-state index contributed by atoms with van der Waals surface area (Å²) in [5, 5.41) is 12.2. The highest BCUT2D eigenvalue weighted by molar-refractivity contribution is 6.36. The molecule has 2 N–H and O–H groups in total. The Morgan fingerprint density at radius 2 is 1.89 bits per heavy atom. The second-order valence-corrected chi connectivity index (χ2v) is 5.93. The Labute approximate surface area is 121 Å². The van der Waals surface area contributed by atoms with E-state index in [1.807, 2.05) is 0 Å². The van der Waals surface area contributed by atoms with E-state index in [1.54, 1.807) is 26.0 Å². The number of amides is 1. The van der Waals surface area contributed by atoms with Crippen LogP contribution in [0.15, 0.2) is 18.2 Å². The van der Waals surface area contributed by atoms with Gasteiger partial charge in [0, 0.05) is 11.4 Å². The van der Waals surface area contributed by atoms with Gasteiger partial charge in [-0.3, -0.25) is 9.59 Å². The zero-order chi connectivity index (χ0) is 14.6. The average molecular weight is 304 g/mol. The van der Waals surface area contributed by atoms with Crippen molar-refractivity contribution >= 4 is 40.8 Å². The van der Waals surface area contributed by atoms with Crippen LogP contribution in [0.3, 0.4) is 0 Å². The van der Waals surface area contributed by atoms with Crippen LogP contribution >= 0.6 is 23.2 Å². The summed E-state index contributed by atoms with van der Waals surface area (Å²) < 4.78 is 0. The predicted molar refractivity (Wildman–Crippen MR) is 75.7 cm³/mol. The molecule has 0 heterocycles. The molecule has 1 amide bonds. The molecule has 0 bridgehead atoms. The molecule has 0 aliphatic heterocycles. The minimum atomic E-state index is -0.928. The molecule has 0 aromatic heterocycles. The van der Waals surface area contributed by atoms with E-state index in [0.717, 1.165) is 0 Å². The van der Waals surface area contributed by atoms with Crippen molar-refractivity contribution < 1.29 is 14.7 Å². The van der Waals surface area contributed by atoms with Crippen molar-refractivity contribution in [1.82, 2.24) is 0 Å². The van der Waals surface area contributed by atoms with E-state index in [-0.39, 0.29) is 18.7 Å². The van der Waals surface area contributed by atoms with Gasteiger partial charge in [0.2, 0.25) is 5.91 Å². The summed E-state index contributed by atoms with van der Waals surface area (Å²) in [6, 6.07) is 4.75. The summed E-state index contributed by atoms with van der Waals surface area (Å²) in [5.74, 6) is -1.21. The van der Waals surface area contributed by atoms with Gasteiger partial charge in [0.1, 0.15) is 0 Å². The average Bonchev–Trinajstić information content (AvgIpc) is 2.19. The molecule has 1 aromatic carbocycles. The monoisotopic (exact) mass is 303 g/mol. The smallest absolute Gasteiger partial charge is 0.303 e. The lowest BCUT2D eigenvalue weighted by molar-refractivity contribution is -0.139. The third-order valence-electron chi connectivity index (χ3n) is 2.47. The number of anilines is 1. The van der Waals surface area contributed by atoms with Crippen molar-refractivity contribution in [3.63, 3.8) is 0 Å². The highest BCUT2D eigenvalue weighted by Gasteiger charge is 2.25. The zero-order valence-electron chi connectivity index (χ0n) is 10.7. The number of nitrogens with one attached hydrogen (secondary N) is 1. The largest absolute Gasteiger partial charge is 0.481 e. The number of carbonyl (C=O) groups is 2. The van der Waals surface area contributed by atoms with Gasteiger partial charge in [0.25, 0.3) is 0 Å². The molecule has 1 aromatic rings. The fraction of sp³-hybridized carbons (Fsp3) is 0.385. The third kappa shape index (κ3) is 5.49. The number of carbonyl (C=O) groups excluding carboxylic acids is 1. The first kappa shape index (κ1) is 15.8. The Balaban J connectivity index is 2.67. The first-order chi connectivity index (χ1) is 8.69. The van der Waals surface area contributed by atoms with Gasteiger partial charge in [-0.25, -0.2) is 0 Å². The highest BCUT2D eigenvalue weighted by atomic mass is 35.5. The molecule has 1 rings (SSSR count). The molecule has 0 saturated heterocycles. The van der Waals surface area contributed by atoms with Gasteiger partial charge < -0.3 is 10.4 Å². The van der Waals surface area contributed by atoms with Crippen LogP contribution in [-0.4, -0.2) is 17.0 Å². The minimum Gasteiger partial charge on any atom is -0.481 e. The molecule has 0 aliphatic carbocycles. The number of rotatable bonds is 5. The summed E-state index contributed by atoms with van der Waals surface area (Å²) in [7, 11) is 0. The van der Waals surface area contributed by atoms with Gasteiger partial charge in [-0.2, -0.15) is 0 Å². The van der Waals surface area contributed by atoms with E-state index < -0.39 is 11.4 Å². The summed E-state index contributed by atoms with van der Waals surface area (Å²) in [6.45, 7) is 3.45. The Morgan fingerprint density at radius 3 is 2.42 bits per heavy atom. The maximum absolute atomic E-state index is 11.9. The molecule has 104 valence electrons. The normalized spacial score (nSPS) is 11.2. The Kier molecular flexibility index (Phi) is 5.20. The molecular weight excluding hydrogens is 289 g/mol. The molecule has 0 radical (unpaired) electrons. The summed E-state index contributed by atoms with van der Waals surface area (Å²) in [4.78, 5) is 22.5. The van der Waals surface area contributed by atoms with Gasteiger partial charge in [-0.05, 0) is 23.6 Å². The Bertz CT molecular complexity index is 501. The number of benzene rings is 1. The van der Waals surface area contributed by atoms with Crippen LogP contribution in [0.2, 0.25) is 10.0 Å². The second-order valence-electron chi connectivity index (χ2n) is 5.08. The third-order valence-corrected chi connectivity index (χ3v) is 3.02. The minimum absolute atomic E-state index is 0.0746. The van der Waals surface area contributed by atoms with Crippen molar-refractivity contribution in [3.8, 4) is 0 Å². The van der Waals surface area contributed by atoms with E-state index >= 15 is 0 Å². The fourth-order valence-corrected chi connectivity index (χ4v) is 2.15. The van der Waals surface area contributed by atoms with Gasteiger partial charge in [-0.15, -0.1) is 0 Å². The van der Waals surface area contributed by atoms with Crippen LogP contribution in [0.1, 0.15) is 26.7 Å². The van der Waals surface area contributed by atoms with Gasteiger partial charge in [-0.1, -0.05) is 37.0 Å². The lowest BCUT2D eigenvalue weighted by atomic mass is 9.85. The highest BCUT2D eigenvalue weighted by Crippen LogP contribution is 2.28. The van der Waals surface area contributed by atoms with Crippen molar-refractivity contribution in [2.75, 3.05) is 5.32 Å². The first-order valence-corrected chi connectivity index (χ1v) is 6.42. The molecule has 0 unspecified atom stereocenters. The summed E-state index contributed by atoms with van der Waals surface area (Å²) in [6.07, 6.45) is 0.0209. The van der Waals surface area contributed by atoms with Gasteiger partial charge in [0.05, 0.1) is 17.1 Å². The van der Waals surface area contributed by atoms with E-state index in [1.165, 1.54) is 6.07 Å². The van der Waals surface area contributed by atoms with E-state index in [2.05, 4.69) is 5.32 Å².